The lowest BCUT2D eigenvalue weighted by Gasteiger charge is -2.34. The van der Waals surface area contributed by atoms with Crippen LogP contribution in [0.2, 0.25) is 0 Å². The van der Waals surface area contributed by atoms with E-state index >= 15 is 0 Å². The predicted octanol–water partition coefficient (Wildman–Crippen LogP) is 1.73. The highest BCUT2D eigenvalue weighted by Gasteiger charge is 2.19. The molecule has 5 heteroatoms. The van der Waals surface area contributed by atoms with Gasteiger partial charge in [0, 0.05) is 12.6 Å². The summed E-state index contributed by atoms with van der Waals surface area (Å²) in [5.41, 5.74) is 0. The third-order valence-corrected chi connectivity index (χ3v) is 3.10. The van der Waals surface area contributed by atoms with Crippen molar-refractivity contribution < 1.29 is 13.5 Å². The summed E-state index contributed by atoms with van der Waals surface area (Å²) in [6.45, 7) is 6.04. The van der Waals surface area contributed by atoms with Crippen LogP contribution in [0.1, 0.15) is 26.2 Å². The Labute approximate surface area is 103 Å². The molecule has 0 unspecified atom stereocenters. The minimum Gasteiger partial charge on any atom is -0.374 e. The summed E-state index contributed by atoms with van der Waals surface area (Å²) in [7, 11) is 0. The molecule has 102 valence electrons. The molecular formula is C12H24F2N2O. The molecular weight excluding hydrogens is 226 g/mol. The fraction of sp³-hybridized carbons (Fsp3) is 1.00. The summed E-state index contributed by atoms with van der Waals surface area (Å²) in [5.74, 6) is 0. The van der Waals surface area contributed by atoms with Crippen molar-refractivity contribution in [3.05, 3.63) is 0 Å². The topological polar surface area (TPSA) is 24.5 Å². The normalized spacial score (nSPS) is 18.2. The molecule has 0 saturated carbocycles. The second-order valence-corrected chi connectivity index (χ2v) is 4.48. The highest BCUT2D eigenvalue weighted by Crippen LogP contribution is 2.12. The summed E-state index contributed by atoms with van der Waals surface area (Å²) in [6, 6.07) is 0.589. The largest absolute Gasteiger partial charge is 0.374 e. The summed E-state index contributed by atoms with van der Waals surface area (Å²) in [5, 5.41) is 3.34. The van der Waals surface area contributed by atoms with Crippen LogP contribution >= 0.6 is 0 Å². The molecule has 0 aromatic rings. The van der Waals surface area contributed by atoms with Crippen molar-refractivity contribution in [3.8, 4) is 0 Å². The first kappa shape index (κ1) is 14.8. The van der Waals surface area contributed by atoms with Crippen LogP contribution in [-0.4, -0.2) is 56.8 Å². The first-order valence-corrected chi connectivity index (χ1v) is 6.54. The van der Waals surface area contributed by atoms with Crippen molar-refractivity contribution in [2.75, 3.05) is 39.4 Å². The number of ether oxygens (including phenoxy) is 1. The second-order valence-electron chi connectivity index (χ2n) is 4.48. The molecule has 1 aliphatic heterocycles. The number of hydrogen-bond acceptors (Lipinski definition) is 3. The van der Waals surface area contributed by atoms with Gasteiger partial charge < -0.3 is 10.1 Å². The Morgan fingerprint density at radius 2 is 2.00 bits per heavy atom. The average molecular weight is 250 g/mol. The maximum absolute atomic E-state index is 11.9. The molecule has 1 heterocycles. The average Bonchev–Trinajstić information content (AvgIpc) is 2.34. The number of hydrogen-bond donors (Lipinski definition) is 1. The molecule has 0 bridgehead atoms. The van der Waals surface area contributed by atoms with Crippen LogP contribution in [0.5, 0.6) is 0 Å². The van der Waals surface area contributed by atoms with Crippen LogP contribution < -0.4 is 5.32 Å². The fourth-order valence-corrected chi connectivity index (χ4v) is 2.29. The Bertz CT molecular complexity index is 187. The first-order valence-electron chi connectivity index (χ1n) is 6.54. The summed E-state index contributed by atoms with van der Waals surface area (Å²) in [6.07, 6.45) is 1.04. The van der Waals surface area contributed by atoms with Crippen molar-refractivity contribution in [2.45, 2.75) is 38.7 Å². The molecule has 0 aliphatic carbocycles. The molecule has 3 nitrogen and oxygen atoms in total. The van der Waals surface area contributed by atoms with Crippen molar-refractivity contribution >= 4 is 0 Å². The highest BCUT2D eigenvalue weighted by atomic mass is 19.3. The second kappa shape index (κ2) is 8.78. The van der Waals surface area contributed by atoms with E-state index < -0.39 is 13.0 Å². The monoisotopic (exact) mass is 250 g/mol. The minimum absolute atomic E-state index is 0.411. The number of halogens is 2. The van der Waals surface area contributed by atoms with E-state index in [1.165, 1.54) is 0 Å². The van der Waals surface area contributed by atoms with Gasteiger partial charge in [-0.05, 0) is 38.9 Å². The molecule has 1 aliphatic rings. The van der Waals surface area contributed by atoms with E-state index in [-0.39, 0.29) is 0 Å². The van der Waals surface area contributed by atoms with Crippen molar-refractivity contribution in [2.24, 2.45) is 0 Å². The lowest BCUT2D eigenvalue weighted by atomic mass is 10.0. The van der Waals surface area contributed by atoms with Crippen LogP contribution in [0.25, 0.3) is 0 Å². The maximum Gasteiger partial charge on any atom is 0.261 e. The molecule has 1 fully saturated rings. The first-order chi connectivity index (χ1) is 8.24. The molecule has 0 atom stereocenters. The number of piperidine rings is 1. The van der Waals surface area contributed by atoms with Gasteiger partial charge in [-0.15, -0.1) is 0 Å². The van der Waals surface area contributed by atoms with Gasteiger partial charge in [0.05, 0.1) is 6.61 Å². The number of nitrogens with zero attached hydrogens (tertiary/aromatic N) is 1. The van der Waals surface area contributed by atoms with Crippen molar-refractivity contribution in [3.63, 3.8) is 0 Å². The van der Waals surface area contributed by atoms with Crippen LogP contribution in [0.3, 0.4) is 0 Å². The van der Waals surface area contributed by atoms with Crippen LogP contribution in [0.4, 0.5) is 8.78 Å². The van der Waals surface area contributed by atoms with Crippen LogP contribution in [0.15, 0.2) is 0 Å². The Morgan fingerprint density at radius 1 is 1.29 bits per heavy atom. The summed E-state index contributed by atoms with van der Waals surface area (Å²) in [4.78, 5) is 2.38. The smallest absolute Gasteiger partial charge is 0.261 e. The minimum atomic E-state index is -2.35. The van der Waals surface area contributed by atoms with E-state index in [1.54, 1.807) is 0 Å². The zero-order chi connectivity index (χ0) is 12.5. The van der Waals surface area contributed by atoms with Gasteiger partial charge in [0.2, 0.25) is 0 Å². The Hall–Kier alpha value is -0.260. The van der Waals surface area contributed by atoms with Gasteiger partial charge >= 0.3 is 0 Å². The van der Waals surface area contributed by atoms with Crippen molar-refractivity contribution in [1.82, 2.24) is 10.2 Å². The Morgan fingerprint density at radius 3 is 2.59 bits per heavy atom. The lowest BCUT2D eigenvalue weighted by Crippen LogP contribution is -2.44. The summed E-state index contributed by atoms with van der Waals surface area (Å²) >= 11 is 0. The quantitative estimate of drug-likeness (QED) is 0.664. The number of rotatable bonds is 8. The van der Waals surface area contributed by atoms with E-state index in [9.17, 15) is 8.78 Å². The molecule has 17 heavy (non-hydrogen) atoms. The van der Waals surface area contributed by atoms with Crippen LogP contribution in [0, 0.1) is 0 Å². The zero-order valence-electron chi connectivity index (χ0n) is 10.6. The van der Waals surface area contributed by atoms with E-state index in [2.05, 4.69) is 17.1 Å². The van der Waals surface area contributed by atoms with Gasteiger partial charge in [-0.1, -0.05) is 6.92 Å². The molecule has 1 rings (SSSR count). The predicted molar refractivity (Wildman–Crippen MR) is 64.6 cm³/mol. The summed E-state index contributed by atoms with van der Waals surface area (Å²) < 4.78 is 28.8. The molecule has 0 amide bonds. The Kier molecular flexibility index (Phi) is 7.64. The van der Waals surface area contributed by atoms with Gasteiger partial charge in [0.25, 0.3) is 6.43 Å². The van der Waals surface area contributed by atoms with Gasteiger partial charge in [0.15, 0.2) is 0 Å². The third-order valence-electron chi connectivity index (χ3n) is 3.10. The fourth-order valence-electron chi connectivity index (χ4n) is 2.29. The highest BCUT2D eigenvalue weighted by molar-refractivity contribution is 4.77. The number of nitrogens with one attached hydrogen (secondary N) is 1. The molecule has 0 aromatic carbocycles. The van der Waals surface area contributed by atoms with E-state index in [0.717, 1.165) is 45.4 Å². The lowest BCUT2D eigenvalue weighted by molar-refractivity contribution is 0.00429. The zero-order valence-corrected chi connectivity index (χ0v) is 10.6. The van der Waals surface area contributed by atoms with Gasteiger partial charge in [-0.3, -0.25) is 4.90 Å². The van der Waals surface area contributed by atoms with Crippen molar-refractivity contribution in [1.29, 1.82) is 0 Å². The van der Waals surface area contributed by atoms with E-state index in [4.69, 9.17) is 4.74 Å². The van der Waals surface area contributed by atoms with Gasteiger partial charge in [-0.2, -0.15) is 0 Å². The SMILES string of the molecule is CCCN(CCOCC(F)F)C1CCNCC1. The van der Waals surface area contributed by atoms with Crippen LogP contribution in [-0.2, 0) is 4.74 Å². The van der Waals surface area contributed by atoms with E-state index in [1.807, 2.05) is 0 Å². The number of alkyl halides is 2. The standard InChI is InChI=1S/C12H24F2N2O/c1-2-7-16(8-9-17-10-12(13)14)11-3-5-15-6-4-11/h11-12,15H,2-10H2,1H3. The molecule has 0 aromatic heterocycles. The maximum atomic E-state index is 11.9. The molecule has 0 spiro atoms. The molecule has 1 N–H and O–H groups in total. The van der Waals surface area contributed by atoms with Gasteiger partial charge in [-0.25, -0.2) is 8.78 Å². The molecule has 0 radical (unpaired) electrons. The third kappa shape index (κ3) is 6.29. The Balaban J connectivity index is 2.21. The van der Waals surface area contributed by atoms with E-state index in [0.29, 0.717) is 12.6 Å². The van der Waals surface area contributed by atoms with Gasteiger partial charge in [0.1, 0.15) is 6.61 Å². The molecule has 1 saturated heterocycles.